The van der Waals surface area contributed by atoms with Crippen LogP contribution in [0, 0.1) is 0 Å². The molecule has 0 fully saturated rings. The molecule has 6 heteroatoms. The summed E-state index contributed by atoms with van der Waals surface area (Å²) < 4.78 is 22.0. The van der Waals surface area contributed by atoms with Crippen LogP contribution in [0.2, 0.25) is 12.1 Å². The number of rotatable bonds is 14. The van der Waals surface area contributed by atoms with Crippen LogP contribution in [0.3, 0.4) is 0 Å². The molecular formula is C15H30O5Si. The second-order valence-corrected chi connectivity index (χ2v) is 6.64. The molecule has 0 rings (SSSR count). The molecule has 0 aromatic carbocycles. The van der Waals surface area contributed by atoms with E-state index in [4.69, 9.17) is 18.9 Å². The molecule has 0 aliphatic heterocycles. The van der Waals surface area contributed by atoms with Crippen molar-refractivity contribution in [2.75, 3.05) is 26.4 Å². The second kappa shape index (κ2) is 13.0. The predicted molar refractivity (Wildman–Crippen MR) is 86.2 cm³/mol. The molecule has 0 radical (unpaired) electrons. The van der Waals surface area contributed by atoms with Crippen LogP contribution in [0.4, 0.5) is 0 Å². The number of ether oxygens (including phenoxy) is 4. The van der Waals surface area contributed by atoms with E-state index in [1.54, 1.807) is 0 Å². The summed E-state index contributed by atoms with van der Waals surface area (Å²) in [6.07, 6.45) is 2.87. The normalized spacial score (nSPS) is 12.0. The molecule has 0 heterocycles. The SMILES string of the molecule is C=CC(=O)OCCC[SiH2]CCC(OCC)(OCC)OCC. The van der Waals surface area contributed by atoms with Crippen molar-refractivity contribution < 1.29 is 23.7 Å². The third kappa shape index (κ3) is 9.79. The Morgan fingerprint density at radius 1 is 1.10 bits per heavy atom. The molecule has 0 N–H and O–H groups in total. The van der Waals surface area contributed by atoms with Gasteiger partial charge in [0.1, 0.15) is 0 Å². The lowest BCUT2D eigenvalue weighted by Gasteiger charge is -2.32. The van der Waals surface area contributed by atoms with Gasteiger partial charge < -0.3 is 18.9 Å². The van der Waals surface area contributed by atoms with E-state index < -0.39 is 5.97 Å². The molecular weight excluding hydrogens is 288 g/mol. The van der Waals surface area contributed by atoms with Crippen molar-refractivity contribution in [2.45, 2.75) is 51.7 Å². The van der Waals surface area contributed by atoms with Gasteiger partial charge in [0.2, 0.25) is 0 Å². The number of esters is 1. The van der Waals surface area contributed by atoms with Gasteiger partial charge in [-0.05, 0) is 27.2 Å². The molecule has 0 saturated carbocycles. The van der Waals surface area contributed by atoms with E-state index in [1.165, 1.54) is 6.08 Å². The van der Waals surface area contributed by atoms with Gasteiger partial charge in [-0.1, -0.05) is 18.7 Å². The lowest BCUT2D eigenvalue weighted by atomic mass is 10.4. The first-order valence-corrected chi connectivity index (χ1v) is 9.85. The van der Waals surface area contributed by atoms with Crippen LogP contribution < -0.4 is 0 Å². The maximum Gasteiger partial charge on any atom is 0.330 e. The average molecular weight is 318 g/mol. The minimum Gasteiger partial charge on any atom is -0.463 e. The standard InChI is InChI=1S/C15H30O5Si/c1-5-14(16)17-11-9-12-21-13-10-15(18-6-2,19-7-3)20-8-4/h5H,1,6-13,21H2,2-4H3. The van der Waals surface area contributed by atoms with Gasteiger partial charge in [0.15, 0.2) is 0 Å². The molecule has 0 atom stereocenters. The predicted octanol–water partition coefficient (Wildman–Crippen LogP) is 2.26. The summed E-state index contributed by atoms with van der Waals surface area (Å²) >= 11 is 0. The maximum atomic E-state index is 10.9. The minimum atomic E-state index is -0.874. The highest BCUT2D eigenvalue weighted by atomic mass is 28.2. The van der Waals surface area contributed by atoms with E-state index in [9.17, 15) is 4.79 Å². The summed E-state index contributed by atoms with van der Waals surface area (Å²) in [6.45, 7) is 11.4. The molecule has 0 aromatic heterocycles. The molecule has 0 unspecified atom stereocenters. The van der Waals surface area contributed by atoms with Gasteiger partial charge in [-0.3, -0.25) is 0 Å². The molecule has 0 saturated heterocycles. The molecule has 0 bridgehead atoms. The molecule has 5 nitrogen and oxygen atoms in total. The third-order valence-corrected chi connectivity index (χ3v) is 4.73. The lowest BCUT2D eigenvalue weighted by molar-refractivity contribution is -0.377. The Kier molecular flexibility index (Phi) is 12.6. The topological polar surface area (TPSA) is 54.0 Å². The van der Waals surface area contributed by atoms with E-state index in [0.717, 1.165) is 24.9 Å². The Balaban J connectivity index is 3.91. The van der Waals surface area contributed by atoms with Crippen LogP contribution in [0.15, 0.2) is 12.7 Å². The van der Waals surface area contributed by atoms with Gasteiger partial charge in [0.05, 0.1) is 6.61 Å². The van der Waals surface area contributed by atoms with Crippen LogP contribution in [-0.2, 0) is 23.7 Å². The summed E-state index contributed by atoms with van der Waals surface area (Å²) in [7, 11) is -0.228. The van der Waals surface area contributed by atoms with Crippen LogP contribution >= 0.6 is 0 Å². The van der Waals surface area contributed by atoms with Crippen LogP contribution in [0.5, 0.6) is 0 Å². The third-order valence-electron chi connectivity index (χ3n) is 2.88. The highest BCUT2D eigenvalue weighted by Gasteiger charge is 2.31. The van der Waals surface area contributed by atoms with Crippen molar-refractivity contribution in [1.29, 1.82) is 0 Å². The summed E-state index contributed by atoms with van der Waals surface area (Å²) in [6, 6.07) is 2.21. The molecule has 0 aliphatic rings. The van der Waals surface area contributed by atoms with Gasteiger partial charge in [0.25, 0.3) is 5.97 Å². The fourth-order valence-corrected chi connectivity index (χ4v) is 3.62. The smallest absolute Gasteiger partial charge is 0.330 e. The van der Waals surface area contributed by atoms with Crippen molar-refractivity contribution >= 4 is 15.5 Å². The Bertz CT molecular complexity index is 266. The molecule has 0 aromatic rings. The summed E-state index contributed by atoms with van der Waals surface area (Å²) in [5, 5.41) is 0. The van der Waals surface area contributed by atoms with Crippen LogP contribution in [-0.4, -0.2) is 47.9 Å². The van der Waals surface area contributed by atoms with Crippen molar-refractivity contribution in [3.05, 3.63) is 12.7 Å². The molecule has 0 amide bonds. The zero-order valence-electron chi connectivity index (χ0n) is 13.7. The van der Waals surface area contributed by atoms with Gasteiger partial charge in [-0.15, -0.1) is 0 Å². The Labute approximate surface area is 130 Å². The summed E-state index contributed by atoms with van der Waals surface area (Å²) in [4.78, 5) is 10.9. The Morgan fingerprint density at radius 2 is 1.67 bits per heavy atom. The number of carbonyl (C=O) groups excluding carboxylic acids is 1. The Hall–Kier alpha value is -0.693. The molecule has 0 aliphatic carbocycles. The van der Waals surface area contributed by atoms with Crippen molar-refractivity contribution in [2.24, 2.45) is 0 Å². The Morgan fingerprint density at radius 3 is 2.14 bits per heavy atom. The zero-order chi connectivity index (χ0) is 16.0. The number of hydrogen-bond acceptors (Lipinski definition) is 5. The highest BCUT2D eigenvalue weighted by Crippen LogP contribution is 2.22. The largest absolute Gasteiger partial charge is 0.463 e. The number of hydrogen-bond donors (Lipinski definition) is 0. The van der Waals surface area contributed by atoms with Crippen molar-refractivity contribution in [1.82, 2.24) is 0 Å². The fraction of sp³-hybridized carbons (Fsp3) is 0.800. The van der Waals surface area contributed by atoms with Gasteiger partial charge >= 0.3 is 5.97 Å². The maximum absolute atomic E-state index is 10.9. The molecule has 0 spiro atoms. The van der Waals surface area contributed by atoms with Gasteiger partial charge in [-0.2, -0.15) is 0 Å². The first kappa shape index (κ1) is 20.3. The number of carbonyl (C=O) groups is 1. The van der Waals surface area contributed by atoms with E-state index in [-0.39, 0.29) is 15.5 Å². The zero-order valence-corrected chi connectivity index (χ0v) is 15.1. The van der Waals surface area contributed by atoms with Crippen LogP contribution in [0.1, 0.15) is 33.6 Å². The molecule has 21 heavy (non-hydrogen) atoms. The van der Waals surface area contributed by atoms with Gasteiger partial charge in [0, 0.05) is 41.8 Å². The van der Waals surface area contributed by atoms with E-state index >= 15 is 0 Å². The van der Waals surface area contributed by atoms with Crippen molar-refractivity contribution in [3.8, 4) is 0 Å². The monoisotopic (exact) mass is 318 g/mol. The van der Waals surface area contributed by atoms with Crippen molar-refractivity contribution in [3.63, 3.8) is 0 Å². The minimum absolute atomic E-state index is 0.228. The summed E-state index contributed by atoms with van der Waals surface area (Å²) in [5.41, 5.74) is 0. The quantitative estimate of drug-likeness (QED) is 0.162. The highest BCUT2D eigenvalue weighted by molar-refractivity contribution is 6.35. The van der Waals surface area contributed by atoms with E-state index in [1.807, 2.05) is 20.8 Å². The lowest BCUT2D eigenvalue weighted by Crippen LogP contribution is -2.39. The first-order chi connectivity index (χ1) is 10.1. The summed E-state index contributed by atoms with van der Waals surface area (Å²) in [5.74, 6) is -1.22. The second-order valence-electron chi connectivity index (χ2n) is 4.52. The van der Waals surface area contributed by atoms with Gasteiger partial charge in [-0.25, -0.2) is 4.79 Å². The fourth-order valence-electron chi connectivity index (χ4n) is 2.03. The van der Waals surface area contributed by atoms with Crippen LogP contribution in [0.25, 0.3) is 0 Å². The van der Waals surface area contributed by atoms with E-state index in [2.05, 4.69) is 6.58 Å². The first-order valence-electron chi connectivity index (χ1n) is 7.85. The molecule has 124 valence electrons. The average Bonchev–Trinajstić information content (AvgIpc) is 2.46. The van der Waals surface area contributed by atoms with E-state index in [0.29, 0.717) is 26.4 Å².